The second-order valence-electron chi connectivity index (χ2n) is 5.53. The Kier molecular flexibility index (Phi) is 6.75. The van der Waals surface area contributed by atoms with Gasteiger partial charge in [0.05, 0.1) is 31.3 Å². The molecule has 112 valence electrons. The van der Waals surface area contributed by atoms with Crippen molar-refractivity contribution in [2.24, 2.45) is 11.3 Å². The lowest BCUT2D eigenvalue weighted by Crippen LogP contribution is -2.34. The summed E-state index contributed by atoms with van der Waals surface area (Å²) >= 11 is 0. The number of rotatable bonds is 9. The maximum atomic E-state index is 11.5. The minimum atomic E-state index is -0.778. The number of carboxylic acid groups (broad SMARTS) is 1. The Morgan fingerprint density at radius 3 is 2.74 bits per heavy atom. The predicted molar refractivity (Wildman–Crippen MR) is 71.0 cm³/mol. The van der Waals surface area contributed by atoms with Gasteiger partial charge in [-0.15, -0.1) is 0 Å². The SMILES string of the molecule is CCC1CCC(CC(O)COCCOC)(C(=O)O)C1. The van der Waals surface area contributed by atoms with Crippen molar-refractivity contribution in [3.63, 3.8) is 0 Å². The highest BCUT2D eigenvalue weighted by Gasteiger charge is 2.45. The molecule has 0 saturated heterocycles. The summed E-state index contributed by atoms with van der Waals surface area (Å²) in [5.74, 6) is -0.308. The zero-order valence-electron chi connectivity index (χ0n) is 11.9. The topological polar surface area (TPSA) is 76.0 Å². The molecule has 0 aromatic heterocycles. The van der Waals surface area contributed by atoms with Crippen molar-refractivity contribution in [2.75, 3.05) is 26.9 Å². The predicted octanol–water partition coefficient (Wildman–Crippen LogP) is 1.68. The van der Waals surface area contributed by atoms with E-state index in [0.29, 0.717) is 32.0 Å². The lowest BCUT2D eigenvalue weighted by Gasteiger charge is -2.27. The molecule has 3 unspecified atom stereocenters. The van der Waals surface area contributed by atoms with E-state index < -0.39 is 17.5 Å². The summed E-state index contributed by atoms with van der Waals surface area (Å²) in [5, 5.41) is 19.4. The molecule has 0 aliphatic heterocycles. The van der Waals surface area contributed by atoms with Gasteiger partial charge < -0.3 is 19.7 Å². The Morgan fingerprint density at radius 1 is 1.47 bits per heavy atom. The van der Waals surface area contributed by atoms with Crippen molar-refractivity contribution in [1.82, 2.24) is 0 Å². The molecule has 0 radical (unpaired) electrons. The van der Waals surface area contributed by atoms with Gasteiger partial charge >= 0.3 is 5.97 Å². The number of methoxy groups -OCH3 is 1. The highest BCUT2D eigenvalue weighted by Crippen LogP contribution is 2.46. The van der Waals surface area contributed by atoms with E-state index in [-0.39, 0.29) is 13.0 Å². The van der Waals surface area contributed by atoms with Crippen LogP contribution >= 0.6 is 0 Å². The molecule has 0 bridgehead atoms. The van der Waals surface area contributed by atoms with Crippen LogP contribution < -0.4 is 0 Å². The number of aliphatic hydroxyl groups is 1. The summed E-state index contributed by atoms with van der Waals surface area (Å²) in [4.78, 5) is 11.5. The van der Waals surface area contributed by atoms with Crippen LogP contribution in [-0.2, 0) is 14.3 Å². The van der Waals surface area contributed by atoms with Crippen LogP contribution in [-0.4, -0.2) is 49.2 Å². The van der Waals surface area contributed by atoms with Crippen LogP contribution in [0.2, 0.25) is 0 Å². The monoisotopic (exact) mass is 274 g/mol. The molecular formula is C14H26O5. The van der Waals surface area contributed by atoms with Gasteiger partial charge in [0.25, 0.3) is 0 Å². The zero-order valence-corrected chi connectivity index (χ0v) is 11.9. The molecule has 19 heavy (non-hydrogen) atoms. The number of hydrogen-bond donors (Lipinski definition) is 2. The zero-order chi connectivity index (χ0) is 14.3. The molecule has 3 atom stereocenters. The fraction of sp³-hybridized carbons (Fsp3) is 0.929. The number of carboxylic acids is 1. The smallest absolute Gasteiger partial charge is 0.309 e. The largest absolute Gasteiger partial charge is 0.481 e. The third-order valence-corrected chi connectivity index (χ3v) is 4.11. The van der Waals surface area contributed by atoms with Crippen molar-refractivity contribution in [1.29, 1.82) is 0 Å². The van der Waals surface area contributed by atoms with E-state index in [0.717, 1.165) is 12.8 Å². The molecule has 5 heteroatoms. The number of aliphatic hydroxyl groups excluding tert-OH is 1. The number of carbonyl (C=O) groups is 1. The van der Waals surface area contributed by atoms with Gasteiger partial charge in [0.1, 0.15) is 0 Å². The van der Waals surface area contributed by atoms with Gasteiger partial charge in [-0.2, -0.15) is 0 Å². The van der Waals surface area contributed by atoms with E-state index in [1.54, 1.807) is 7.11 Å². The molecule has 0 aromatic carbocycles. The summed E-state index contributed by atoms with van der Waals surface area (Å²) in [6, 6.07) is 0. The molecule has 1 saturated carbocycles. The van der Waals surface area contributed by atoms with Crippen molar-refractivity contribution >= 4 is 5.97 Å². The molecule has 1 fully saturated rings. The minimum Gasteiger partial charge on any atom is -0.481 e. The number of ether oxygens (including phenoxy) is 2. The first-order valence-electron chi connectivity index (χ1n) is 7.02. The molecule has 1 rings (SSSR count). The van der Waals surface area contributed by atoms with Crippen molar-refractivity contribution < 1.29 is 24.5 Å². The standard InChI is InChI=1S/C14H26O5/c1-3-11-4-5-14(8-11,13(16)17)9-12(15)10-19-7-6-18-2/h11-12,15H,3-10H2,1-2H3,(H,16,17). The summed E-state index contributed by atoms with van der Waals surface area (Å²) in [6.45, 7) is 3.17. The van der Waals surface area contributed by atoms with Crippen LogP contribution in [0.5, 0.6) is 0 Å². The van der Waals surface area contributed by atoms with Crippen molar-refractivity contribution in [3.8, 4) is 0 Å². The van der Waals surface area contributed by atoms with E-state index in [2.05, 4.69) is 6.92 Å². The molecule has 0 heterocycles. The van der Waals surface area contributed by atoms with Gasteiger partial charge in [0.15, 0.2) is 0 Å². The molecule has 0 amide bonds. The van der Waals surface area contributed by atoms with E-state index in [1.165, 1.54) is 0 Å². The van der Waals surface area contributed by atoms with Crippen LogP contribution in [0.1, 0.15) is 39.0 Å². The second kappa shape index (κ2) is 7.82. The summed E-state index contributed by atoms with van der Waals surface area (Å²) in [7, 11) is 1.59. The molecule has 0 spiro atoms. The van der Waals surface area contributed by atoms with Gasteiger partial charge in [0.2, 0.25) is 0 Å². The maximum absolute atomic E-state index is 11.5. The molecule has 1 aliphatic carbocycles. The van der Waals surface area contributed by atoms with Crippen LogP contribution in [0.15, 0.2) is 0 Å². The average Bonchev–Trinajstić information content (AvgIpc) is 2.79. The van der Waals surface area contributed by atoms with Crippen LogP contribution in [0, 0.1) is 11.3 Å². The fourth-order valence-corrected chi connectivity index (χ4v) is 2.92. The van der Waals surface area contributed by atoms with Gasteiger partial charge in [0, 0.05) is 7.11 Å². The first-order chi connectivity index (χ1) is 9.04. The van der Waals surface area contributed by atoms with Gasteiger partial charge in [-0.1, -0.05) is 13.3 Å². The van der Waals surface area contributed by atoms with Crippen molar-refractivity contribution in [3.05, 3.63) is 0 Å². The molecular weight excluding hydrogens is 248 g/mol. The molecule has 0 aromatic rings. The third kappa shape index (κ3) is 4.75. The minimum absolute atomic E-state index is 0.176. The van der Waals surface area contributed by atoms with Crippen molar-refractivity contribution in [2.45, 2.75) is 45.1 Å². The van der Waals surface area contributed by atoms with E-state index in [1.807, 2.05) is 0 Å². The summed E-state index contributed by atoms with van der Waals surface area (Å²) in [5.41, 5.74) is -0.759. The van der Waals surface area contributed by atoms with Crippen LogP contribution in [0.4, 0.5) is 0 Å². The highest BCUT2D eigenvalue weighted by atomic mass is 16.5. The third-order valence-electron chi connectivity index (χ3n) is 4.11. The fourth-order valence-electron chi connectivity index (χ4n) is 2.92. The lowest BCUT2D eigenvalue weighted by atomic mass is 9.80. The van der Waals surface area contributed by atoms with Gasteiger partial charge in [-0.25, -0.2) is 0 Å². The Morgan fingerprint density at radius 2 is 2.21 bits per heavy atom. The summed E-state index contributed by atoms with van der Waals surface area (Å²) < 4.78 is 10.1. The Balaban J connectivity index is 2.43. The van der Waals surface area contributed by atoms with Gasteiger partial charge in [-0.3, -0.25) is 4.79 Å². The highest BCUT2D eigenvalue weighted by molar-refractivity contribution is 5.75. The molecule has 5 nitrogen and oxygen atoms in total. The summed E-state index contributed by atoms with van der Waals surface area (Å²) in [6.07, 6.45) is 2.86. The Labute approximate surface area is 114 Å². The number of aliphatic carboxylic acids is 1. The Bertz CT molecular complexity index is 281. The quantitative estimate of drug-likeness (QED) is 0.626. The van der Waals surface area contributed by atoms with E-state index >= 15 is 0 Å². The second-order valence-corrected chi connectivity index (χ2v) is 5.53. The lowest BCUT2D eigenvalue weighted by molar-refractivity contribution is -0.151. The van der Waals surface area contributed by atoms with Crippen LogP contribution in [0.25, 0.3) is 0 Å². The van der Waals surface area contributed by atoms with E-state index in [9.17, 15) is 15.0 Å². The molecule has 1 aliphatic rings. The van der Waals surface area contributed by atoms with Crippen LogP contribution in [0.3, 0.4) is 0 Å². The van der Waals surface area contributed by atoms with Gasteiger partial charge in [-0.05, 0) is 31.6 Å². The first-order valence-corrected chi connectivity index (χ1v) is 7.02. The average molecular weight is 274 g/mol. The molecule has 2 N–H and O–H groups in total. The van der Waals surface area contributed by atoms with E-state index in [4.69, 9.17) is 9.47 Å². The number of hydrogen-bond acceptors (Lipinski definition) is 4. The first kappa shape index (κ1) is 16.4. The normalized spacial score (nSPS) is 28.5. The maximum Gasteiger partial charge on any atom is 0.309 e. The Hall–Kier alpha value is -0.650.